The number of carbonyl (C=O) groups excluding carboxylic acids is 1. The minimum absolute atomic E-state index is 0.0410. The minimum atomic E-state index is -0.601. The van der Waals surface area contributed by atoms with Gasteiger partial charge in [0, 0.05) is 17.7 Å². The van der Waals surface area contributed by atoms with E-state index in [1.54, 1.807) is 0 Å². The molecule has 0 radical (unpaired) electrons. The highest BCUT2D eigenvalue weighted by Gasteiger charge is 2.44. The second-order valence-electron chi connectivity index (χ2n) is 6.25. The summed E-state index contributed by atoms with van der Waals surface area (Å²) in [6.45, 7) is 0. The number of halogens is 2. The summed E-state index contributed by atoms with van der Waals surface area (Å²) in [7, 11) is 0. The Morgan fingerprint density at radius 1 is 1.19 bits per heavy atom. The Hall–Kier alpha value is -2.32. The van der Waals surface area contributed by atoms with Crippen LogP contribution in [-0.4, -0.2) is 16.1 Å². The molecular formula is C19H15F2N3OS2. The van der Waals surface area contributed by atoms with E-state index in [1.807, 2.05) is 30.3 Å². The van der Waals surface area contributed by atoms with E-state index >= 15 is 0 Å². The first-order valence-corrected chi connectivity index (χ1v) is 10.2. The van der Waals surface area contributed by atoms with E-state index in [4.69, 9.17) is 0 Å². The largest absolute Gasteiger partial charge is 0.300 e. The zero-order valence-corrected chi connectivity index (χ0v) is 15.7. The second kappa shape index (κ2) is 7.74. The summed E-state index contributed by atoms with van der Waals surface area (Å²) < 4.78 is 27.2. The number of hydrogen-bond donors (Lipinski definition) is 1. The highest BCUT2D eigenvalue weighted by Crippen LogP contribution is 2.48. The molecule has 0 aliphatic heterocycles. The van der Waals surface area contributed by atoms with E-state index < -0.39 is 11.6 Å². The van der Waals surface area contributed by atoms with E-state index in [-0.39, 0.29) is 17.7 Å². The van der Waals surface area contributed by atoms with E-state index in [1.165, 1.54) is 40.8 Å². The summed E-state index contributed by atoms with van der Waals surface area (Å²) in [6.07, 6.45) is 0.833. The van der Waals surface area contributed by atoms with Gasteiger partial charge in [0.05, 0.1) is 0 Å². The number of hydrogen-bond acceptors (Lipinski definition) is 5. The van der Waals surface area contributed by atoms with Gasteiger partial charge in [-0.15, -0.1) is 10.2 Å². The number of benzene rings is 2. The quantitative estimate of drug-likeness (QED) is 0.472. The molecule has 1 aliphatic rings. The molecule has 138 valence electrons. The van der Waals surface area contributed by atoms with E-state index in [2.05, 4.69) is 15.5 Å². The van der Waals surface area contributed by atoms with Crippen LogP contribution in [-0.2, 0) is 10.5 Å². The zero-order chi connectivity index (χ0) is 18.8. The summed E-state index contributed by atoms with van der Waals surface area (Å²) in [5.41, 5.74) is 1.57. The van der Waals surface area contributed by atoms with Crippen molar-refractivity contribution in [3.05, 3.63) is 71.3 Å². The van der Waals surface area contributed by atoms with Crippen LogP contribution in [0.2, 0.25) is 0 Å². The van der Waals surface area contributed by atoms with Crippen molar-refractivity contribution in [1.29, 1.82) is 0 Å². The molecule has 1 aliphatic carbocycles. The van der Waals surface area contributed by atoms with Gasteiger partial charge in [0.15, 0.2) is 4.34 Å². The molecule has 4 rings (SSSR count). The molecule has 1 N–H and O–H groups in total. The van der Waals surface area contributed by atoms with Gasteiger partial charge in [-0.3, -0.25) is 4.79 Å². The fraction of sp³-hybridized carbons (Fsp3) is 0.211. The number of carbonyl (C=O) groups is 1. The molecule has 0 saturated heterocycles. The monoisotopic (exact) mass is 403 g/mol. The van der Waals surface area contributed by atoms with Gasteiger partial charge in [-0.2, -0.15) is 0 Å². The van der Waals surface area contributed by atoms with Crippen LogP contribution in [0.1, 0.15) is 23.5 Å². The highest BCUT2D eigenvalue weighted by atomic mass is 32.2. The van der Waals surface area contributed by atoms with Crippen LogP contribution in [0.3, 0.4) is 0 Å². The van der Waals surface area contributed by atoms with Crippen LogP contribution in [0.5, 0.6) is 0 Å². The molecule has 1 saturated carbocycles. The van der Waals surface area contributed by atoms with Crippen LogP contribution in [0.4, 0.5) is 13.9 Å². The highest BCUT2D eigenvalue weighted by molar-refractivity contribution is 8.00. The van der Waals surface area contributed by atoms with Crippen LogP contribution < -0.4 is 5.32 Å². The van der Waals surface area contributed by atoms with Crippen molar-refractivity contribution >= 4 is 34.1 Å². The Labute approximate surface area is 163 Å². The van der Waals surface area contributed by atoms with Gasteiger partial charge >= 0.3 is 0 Å². The van der Waals surface area contributed by atoms with Crippen LogP contribution in [0, 0.1) is 17.6 Å². The van der Waals surface area contributed by atoms with Gasteiger partial charge < -0.3 is 5.32 Å². The third-order valence-electron chi connectivity index (χ3n) is 4.36. The van der Waals surface area contributed by atoms with E-state index in [0.717, 1.165) is 12.5 Å². The summed E-state index contributed by atoms with van der Waals surface area (Å²) in [5, 5.41) is 11.2. The van der Waals surface area contributed by atoms with Gasteiger partial charge in [0.2, 0.25) is 11.0 Å². The predicted molar refractivity (Wildman–Crippen MR) is 102 cm³/mol. The van der Waals surface area contributed by atoms with Crippen LogP contribution >= 0.6 is 23.1 Å². The van der Waals surface area contributed by atoms with Gasteiger partial charge in [0.25, 0.3) is 0 Å². The molecule has 27 heavy (non-hydrogen) atoms. The number of rotatable bonds is 6. The van der Waals surface area contributed by atoms with Crippen molar-refractivity contribution < 1.29 is 13.6 Å². The van der Waals surface area contributed by atoms with E-state index in [9.17, 15) is 13.6 Å². The zero-order valence-electron chi connectivity index (χ0n) is 14.1. The van der Waals surface area contributed by atoms with Crippen LogP contribution in [0.25, 0.3) is 0 Å². The summed E-state index contributed by atoms with van der Waals surface area (Å²) in [4.78, 5) is 12.4. The molecule has 0 spiro atoms. The first-order valence-electron chi connectivity index (χ1n) is 8.36. The number of amides is 1. The molecule has 1 aromatic heterocycles. The second-order valence-corrected chi connectivity index (χ2v) is 8.45. The number of aromatic nitrogens is 2. The first kappa shape index (κ1) is 18.1. The molecular weight excluding hydrogens is 388 g/mol. The Kier molecular flexibility index (Phi) is 5.18. The van der Waals surface area contributed by atoms with Crippen molar-refractivity contribution in [2.45, 2.75) is 22.4 Å². The number of nitrogens with one attached hydrogen (secondary N) is 1. The maximum absolute atomic E-state index is 13.7. The SMILES string of the molecule is O=C(Nc1nnc(SCc2ccc(F)cc2F)s1)C1C[C@H]1c1ccccc1. The third kappa shape index (κ3) is 4.33. The number of thioether (sulfide) groups is 1. The molecule has 3 aromatic rings. The lowest BCUT2D eigenvalue weighted by Crippen LogP contribution is -2.14. The molecule has 1 fully saturated rings. The smallest absolute Gasteiger partial charge is 0.229 e. The molecule has 4 nitrogen and oxygen atoms in total. The average Bonchev–Trinajstić information content (AvgIpc) is 3.36. The Morgan fingerprint density at radius 2 is 2.00 bits per heavy atom. The lowest BCUT2D eigenvalue weighted by atomic mass is 10.1. The van der Waals surface area contributed by atoms with Crippen molar-refractivity contribution in [2.24, 2.45) is 5.92 Å². The predicted octanol–water partition coefficient (Wildman–Crippen LogP) is 4.85. The molecule has 1 heterocycles. The van der Waals surface area contributed by atoms with Crippen molar-refractivity contribution in [3.63, 3.8) is 0 Å². The van der Waals surface area contributed by atoms with E-state index in [0.29, 0.717) is 20.8 Å². The molecule has 1 unspecified atom stereocenters. The average molecular weight is 403 g/mol. The summed E-state index contributed by atoms with van der Waals surface area (Å²) in [5.74, 6) is -0.707. The topological polar surface area (TPSA) is 54.9 Å². The summed E-state index contributed by atoms with van der Waals surface area (Å²) >= 11 is 2.54. The van der Waals surface area contributed by atoms with Crippen molar-refractivity contribution in [2.75, 3.05) is 5.32 Å². The Balaban J connectivity index is 1.31. The summed E-state index contributed by atoms with van der Waals surface area (Å²) in [6, 6.07) is 13.5. The molecule has 2 atom stereocenters. The number of nitrogens with zero attached hydrogens (tertiary/aromatic N) is 2. The Bertz CT molecular complexity index is 965. The fourth-order valence-corrected chi connectivity index (χ4v) is 4.59. The first-order chi connectivity index (χ1) is 13.1. The van der Waals surface area contributed by atoms with Crippen molar-refractivity contribution in [3.8, 4) is 0 Å². The maximum Gasteiger partial charge on any atom is 0.229 e. The maximum atomic E-state index is 13.7. The Morgan fingerprint density at radius 3 is 2.78 bits per heavy atom. The molecule has 0 bridgehead atoms. The van der Waals surface area contributed by atoms with Gasteiger partial charge in [-0.1, -0.05) is 59.5 Å². The lowest BCUT2D eigenvalue weighted by Gasteiger charge is -2.01. The number of anilines is 1. The molecule has 8 heteroatoms. The normalized spacial score (nSPS) is 18.3. The van der Waals surface area contributed by atoms with Crippen LogP contribution in [0.15, 0.2) is 52.9 Å². The minimum Gasteiger partial charge on any atom is -0.300 e. The molecule has 1 amide bonds. The third-order valence-corrected chi connectivity index (χ3v) is 6.38. The van der Waals surface area contributed by atoms with Gasteiger partial charge in [-0.25, -0.2) is 8.78 Å². The van der Waals surface area contributed by atoms with Gasteiger partial charge in [-0.05, 0) is 29.5 Å². The van der Waals surface area contributed by atoms with Gasteiger partial charge in [0.1, 0.15) is 11.6 Å². The fourth-order valence-electron chi connectivity index (χ4n) is 2.85. The lowest BCUT2D eigenvalue weighted by molar-refractivity contribution is -0.117. The standard InChI is InChI=1S/C19H15F2N3OS2/c20-13-7-6-12(16(21)8-13)10-26-19-24-23-18(27-19)22-17(25)15-9-14(15)11-4-2-1-3-5-11/h1-8,14-15H,9-10H2,(H,22,23,25)/t14-,15?/m0/s1. The molecule has 2 aromatic carbocycles. The van der Waals surface area contributed by atoms with Crippen molar-refractivity contribution in [1.82, 2.24) is 10.2 Å².